The van der Waals surface area contributed by atoms with Gasteiger partial charge in [0.15, 0.2) is 5.75 Å². The maximum Gasteiger partial charge on any atom is 0.608 e. The second kappa shape index (κ2) is 4.37. The number of rotatable bonds is 3. The average molecular weight is 257 g/mol. The van der Waals surface area contributed by atoms with Crippen molar-refractivity contribution in [3.05, 3.63) is 29.8 Å². The third kappa shape index (κ3) is 3.45. The minimum atomic E-state index is -4.50. The number of alkyl halides is 3. The summed E-state index contributed by atoms with van der Waals surface area (Å²) in [5, 5.41) is 0. The normalized spacial score (nSPS) is 15.6. The summed E-state index contributed by atoms with van der Waals surface area (Å²) in [4.78, 5) is 0. The molecule has 5 nitrogen and oxygen atoms in total. The molecule has 89 valence electrons. The van der Waals surface area contributed by atoms with Crippen LogP contribution in [0.2, 0.25) is 0 Å². The fraction of sp³-hybridized carbons (Fsp3) is 0.143. The summed E-state index contributed by atoms with van der Waals surface area (Å²) in [6, 6.07) is 3.00. The second-order valence-electron chi connectivity index (χ2n) is 2.61. The molecular weight excluding hydrogens is 251 g/mol. The van der Waals surface area contributed by atoms with Crippen LogP contribution in [0.3, 0.4) is 0 Å². The van der Waals surface area contributed by atoms with Crippen molar-refractivity contribution in [1.82, 2.24) is 0 Å². The highest BCUT2D eigenvalue weighted by Crippen LogP contribution is 2.30. The molecule has 1 aromatic carbocycles. The highest BCUT2D eigenvalue weighted by atomic mass is 32.3. The van der Waals surface area contributed by atoms with Crippen LogP contribution >= 0.6 is 0 Å². The molecule has 0 bridgehead atoms. The largest absolute Gasteiger partial charge is 0.608 e. The first kappa shape index (κ1) is 12.9. The van der Waals surface area contributed by atoms with E-state index < -0.39 is 22.5 Å². The first-order valence-electron chi connectivity index (χ1n) is 3.74. The van der Waals surface area contributed by atoms with Gasteiger partial charge < -0.3 is 0 Å². The minimum absolute atomic E-state index is 0.335. The molecule has 0 fully saturated rings. The third-order valence-electron chi connectivity index (χ3n) is 1.50. The lowest BCUT2D eigenvalue weighted by molar-refractivity contribution is -0.137. The summed E-state index contributed by atoms with van der Waals surface area (Å²) in [6.45, 7) is 0. The molecule has 2 N–H and O–H groups in total. The zero-order valence-corrected chi connectivity index (χ0v) is 8.38. The van der Waals surface area contributed by atoms with E-state index in [1.54, 1.807) is 0 Å². The van der Waals surface area contributed by atoms with E-state index in [9.17, 15) is 21.9 Å². The quantitative estimate of drug-likeness (QED) is 0.659. The average Bonchev–Trinajstić information content (AvgIpc) is 2.16. The van der Waals surface area contributed by atoms with E-state index in [-0.39, 0.29) is 5.75 Å². The molecule has 1 rings (SSSR count). The molecule has 1 unspecified atom stereocenters. The monoisotopic (exact) mass is 257 g/mol. The summed E-state index contributed by atoms with van der Waals surface area (Å²) in [6.07, 6.45) is -4.50. The van der Waals surface area contributed by atoms with Crippen molar-refractivity contribution >= 4 is 10.8 Å². The van der Waals surface area contributed by atoms with E-state index >= 15 is 0 Å². The second-order valence-corrected chi connectivity index (χ2v) is 3.79. The molecule has 0 aliphatic rings. The Morgan fingerprint density at radius 1 is 1.19 bits per heavy atom. The van der Waals surface area contributed by atoms with E-state index in [1.165, 1.54) is 0 Å². The van der Waals surface area contributed by atoms with Crippen molar-refractivity contribution < 1.29 is 30.4 Å². The molecular formula is C7H6F3NO4S+. The predicted octanol–water partition coefficient (Wildman–Crippen LogP) is 1.65. The van der Waals surface area contributed by atoms with Gasteiger partial charge in [-0.3, -0.25) is 0 Å². The maximum atomic E-state index is 12.1. The van der Waals surface area contributed by atoms with Crippen molar-refractivity contribution in [3.8, 4) is 5.75 Å². The van der Waals surface area contributed by atoms with Crippen molar-refractivity contribution in [1.29, 1.82) is 0 Å². The van der Waals surface area contributed by atoms with Gasteiger partial charge in [-0.25, -0.2) is 4.18 Å². The number of hydrogen-bond donors (Lipinski definition) is 1. The van der Waals surface area contributed by atoms with Gasteiger partial charge in [-0.15, -0.1) is 0 Å². The molecule has 0 heterocycles. The van der Waals surface area contributed by atoms with Crippen LogP contribution in [0.25, 0.3) is 0 Å². The zero-order chi connectivity index (χ0) is 12.4. The smallest absolute Gasteiger partial charge is 0.221 e. The number of halogens is 3. The standard InChI is InChI=1S/C7H6F3NO4S/c8-7(9,10)5-1-3-6(4-2-5)14-16(12,13)15-11/h1-4H,11H2/q+1. The van der Waals surface area contributed by atoms with E-state index in [0.717, 1.165) is 12.1 Å². The Morgan fingerprint density at radius 3 is 2.06 bits per heavy atom. The number of hydrogen-bond acceptors (Lipinski definition) is 4. The first-order chi connectivity index (χ1) is 7.24. The molecule has 1 aromatic rings. The minimum Gasteiger partial charge on any atom is -0.221 e. The lowest BCUT2D eigenvalue weighted by Gasteiger charge is -2.05. The van der Waals surface area contributed by atoms with Crippen LogP contribution in [0.4, 0.5) is 13.2 Å². The Morgan fingerprint density at radius 2 is 1.69 bits per heavy atom. The van der Waals surface area contributed by atoms with E-state index in [2.05, 4.69) is 14.4 Å². The molecule has 1 atom stereocenters. The third-order valence-corrected chi connectivity index (χ3v) is 2.13. The van der Waals surface area contributed by atoms with Crippen LogP contribution in [-0.4, -0.2) is 0 Å². The van der Waals surface area contributed by atoms with Gasteiger partial charge in [0.2, 0.25) is 0 Å². The molecule has 0 saturated carbocycles. The molecule has 9 heteroatoms. The van der Waals surface area contributed by atoms with Crippen LogP contribution in [0.5, 0.6) is 5.75 Å². The topological polar surface area (TPSA) is 81.5 Å². The van der Waals surface area contributed by atoms with Gasteiger partial charge in [0.05, 0.1) is 5.56 Å². The summed E-state index contributed by atoms with van der Waals surface area (Å²) >= 11 is 0. The van der Waals surface area contributed by atoms with E-state index in [4.69, 9.17) is 0 Å². The Bertz CT molecular complexity index is 405. The lowest BCUT2D eigenvalue weighted by Crippen LogP contribution is -2.22. The first-order valence-corrected chi connectivity index (χ1v) is 5.08. The fourth-order valence-electron chi connectivity index (χ4n) is 0.837. The van der Waals surface area contributed by atoms with Gasteiger partial charge in [-0.1, -0.05) is 0 Å². The highest BCUT2D eigenvalue weighted by molar-refractivity contribution is 7.88. The maximum absolute atomic E-state index is 12.1. The van der Waals surface area contributed by atoms with Crippen molar-refractivity contribution in [2.45, 2.75) is 6.18 Å². The number of benzene rings is 1. The van der Waals surface area contributed by atoms with Gasteiger partial charge in [0, 0.05) is 4.21 Å². The van der Waals surface area contributed by atoms with Crippen LogP contribution in [0.15, 0.2) is 24.3 Å². The molecule has 16 heavy (non-hydrogen) atoms. The molecule has 0 aliphatic heterocycles. The van der Waals surface area contributed by atoms with Gasteiger partial charge in [-0.2, -0.15) is 19.1 Å². The molecule has 0 amide bonds. The van der Waals surface area contributed by atoms with Gasteiger partial charge in [0.25, 0.3) is 0 Å². The summed E-state index contributed by atoms with van der Waals surface area (Å²) < 4.78 is 65.3. The number of nitrogens with two attached hydrogens (primary N) is 1. The summed E-state index contributed by atoms with van der Waals surface area (Å²) in [5.41, 5.74) is -0.925. The molecule has 0 saturated heterocycles. The van der Waals surface area contributed by atoms with Crippen molar-refractivity contribution in [3.63, 3.8) is 0 Å². The van der Waals surface area contributed by atoms with E-state index in [0.29, 0.717) is 12.1 Å². The summed E-state index contributed by atoms with van der Waals surface area (Å²) in [7, 11) is -4.42. The van der Waals surface area contributed by atoms with Gasteiger partial charge >= 0.3 is 17.0 Å². The predicted molar refractivity (Wildman–Crippen MR) is 46.1 cm³/mol. The Labute approximate surface area is 89.6 Å². The van der Waals surface area contributed by atoms with Crippen LogP contribution in [0.1, 0.15) is 5.56 Å². The SMILES string of the molecule is NO[S+]([O])(=O)Oc1ccc(C(F)(F)F)cc1. The Hall–Kier alpha value is -1.16. The summed E-state index contributed by atoms with van der Waals surface area (Å²) in [5.74, 6) is 4.03. The zero-order valence-electron chi connectivity index (χ0n) is 7.56. The molecule has 0 aromatic heterocycles. The Kier molecular flexibility index (Phi) is 3.53. The fourth-order valence-corrected chi connectivity index (χ4v) is 1.22. The van der Waals surface area contributed by atoms with E-state index in [1.807, 2.05) is 0 Å². The molecule has 0 aliphatic carbocycles. The van der Waals surface area contributed by atoms with Crippen LogP contribution in [0, 0.1) is 0 Å². The molecule has 0 spiro atoms. The van der Waals surface area contributed by atoms with Crippen LogP contribution < -0.4 is 10.1 Å². The highest BCUT2D eigenvalue weighted by Gasteiger charge is 2.35. The lowest BCUT2D eigenvalue weighted by atomic mass is 10.2. The van der Waals surface area contributed by atoms with Gasteiger partial charge in [-0.05, 0) is 28.5 Å². The van der Waals surface area contributed by atoms with Gasteiger partial charge in [0.1, 0.15) is 4.55 Å². The van der Waals surface area contributed by atoms with Crippen LogP contribution in [-0.2, 0) is 30.0 Å². The molecule has 1 radical (unpaired) electrons. The van der Waals surface area contributed by atoms with Crippen molar-refractivity contribution in [2.75, 3.05) is 0 Å². The van der Waals surface area contributed by atoms with Crippen molar-refractivity contribution in [2.24, 2.45) is 5.90 Å². The Balaban J connectivity index is 2.84.